The zero-order valence-corrected chi connectivity index (χ0v) is 14.1. The minimum Gasteiger partial charge on any atom is -0.475 e. The summed E-state index contributed by atoms with van der Waals surface area (Å²) in [6.07, 6.45) is -1.06. The molecule has 1 aromatic rings. The van der Waals surface area contributed by atoms with E-state index < -0.39 is 29.5 Å². The summed E-state index contributed by atoms with van der Waals surface area (Å²) < 4.78 is 5.97. The highest BCUT2D eigenvalue weighted by Crippen LogP contribution is 2.21. The molecule has 1 rings (SSSR count). The van der Waals surface area contributed by atoms with Crippen molar-refractivity contribution in [3.63, 3.8) is 0 Å². The molecule has 0 spiro atoms. The topological polar surface area (TPSA) is 92.7 Å². The molecule has 0 aromatic heterocycles. The Morgan fingerprint density at radius 3 is 2.23 bits per heavy atom. The van der Waals surface area contributed by atoms with Gasteiger partial charge in [0.05, 0.1) is 6.04 Å². The van der Waals surface area contributed by atoms with Crippen LogP contribution in [-0.4, -0.2) is 28.6 Å². The number of carbonyl (C=O) groups is 3. The summed E-state index contributed by atoms with van der Waals surface area (Å²) in [5.41, 5.74) is -0.0748. The number of alkyl carbamates (subject to hydrolysis) is 1. The number of Topliss-reactive ketones (excluding diaryl/α,β-unsaturated/α-hetero) is 1. The number of rotatable bonds is 5. The van der Waals surface area contributed by atoms with Crippen LogP contribution in [0.3, 0.4) is 0 Å². The molecule has 0 fully saturated rings. The summed E-state index contributed by atoms with van der Waals surface area (Å²) in [7, 11) is 0. The average Bonchev–Trinajstić information content (AvgIpc) is 2.36. The first-order valence-electron chi connectivity index (χ1n) is 6.59. The predicted octanol–water partition coefficient (Wildman–Crippen LogP) is 3.06. The van der Waals surface area contributed by atoms with Gasteiger partial charge in [0.25, 0.3) is 0 Å². The first-order valence-corrected chi connectivity index (χ1v) is 7.39. The molecule has 0 bridgehead atoms. The summed E-state index contributed by atoms with van der Waals surface area (Å²) in [5, 5.41) is 11.3. The van der Waals surface area contributed by atoms with Crippen molar-refractivity contribution in [1.82, 2.24) is 5.32 Å². The highest BCUT2D eigenvalue weighted by Gasteiger charge is 2.24. The molecule has 0 saturated carbocycles. The lowest BCUT2D eigenvalue weighted by molar-refractivity contribution is -0.149. The van der Waals surface area contributed by atoms with E-state index in [4.69, 9.17) is 9.84 Å². The maximum absolute atomic E-state index is 11.9. The molecule has 1 unspecified atom stereocenters. The van der Waals surface area contributed by atoms with Crippen LogP contribution >= 0.6 is 15.9 Å². The number of aliphatic carboxylic acids is 1. The van der Waals surface area contributed by atoms with Crippen molar-refractivity contribution in [2.75, 3.05) is 0 Å². The van der Waals surface area contributed by atoms with Crippen LogP contribution in [0.25, 0.3) is 0 Å². The van der Waals surface area contributed by atoms with E-state index in [2.05, 4.69) is 21.2 Å². The standard InChI is InChI=1S/C15H18BrNO5/c1-15(2,3)22-14(21)17-11(8-12(18)13(19)20)9-4-6-10(16)7-5-9/h4-7,11H,8H2,1-3H3,(H,17,21)(H,19,20). The van der Waals surface area contributed by atoms with Gasteiger partial charge in [-0.25, -0.2) is 9.59 Å². The molecular formula is C15H18BrNO5. The number of hydrogen-bond donors (Lipinski definition) is 2. The molecule has 2 N–H and O–H groups in total. The fraction of sp³-hybridized carbons (Fsp3) is 0.400. The molecule has 0 aliphatic carbocycles. The molecular weight excluding hydrogens is 354 g/mol. The van der Waals surface area contributed by atoms with Gasteiger partial charge in [0.2, 0.25) is 5.78 Å². The predicted molar refractivity (Wildman–Crippen MR) is 83.5 cm³/mol. The van der Waals surface area contributed by atoms with E-state index >= 15 is 0 Å². The Hall–Kier alpha value is -1.89. The van der Waals surface area contributed by atoms with Crippen molar-refractivity contribution in [2.24, 2.45) is 0 Å². The average molecular weight is 372 g/mol. The second-order valence-electron chi connectivity index (χ2n) is 5.68. The Morgan fingerprint density at radius 1 is 1.23 bits per heavy atom. The lowest BCUT2D eigenvalue weighted by atomic mass is 10.0. The fourth-order valence-electron chi connectivity index (χ4n) is 1.67. The molecule has 22 heavy (non-hydrogen) atoms. The molecule has 6 nitrogen and oxygen atoms in total. The zero-order chi connectivity index (χ0) is 16.9. The summed E-state index contributed by atoms with van der Waals surface area (Å²) in [4.78, 5) is 34.1. The quantitative estimate of drug-likeness (QED) is 0.775. The molecule has 120 valence electrons. The van der Waals surface area contributed by atoms with Gasteiger partial charge < -0.3 is 15.2 Å². The molecule has 0 aliphatic heterocycles. The van der Waals surface area contributed by atoms with E-state index in [9.17, 15) is 14.4 Å². The summed E-state index contributed by atoms with van der Waals surface area (Å²) in [6, 6.07) is 6.10. The molecule has 7 heteroatoms. The molecule has 1 aromatic carbocycles. The summed E-state index contributed by atoms with van der Waals surface area (Å²) in [6.45, 7) is 5.14. The van der Waals surface area contributed by atoms with Crippen LogP contribution in [-0.2, 0) is 14.3 Å². The van der Waals surface area contributed by atoms with E-state index in [1.807, 2.05) is 0 Å². The first kappa shape index (κ1) is 18.2. The molecule has 0 saturated heterocycles. The number of halogens is 1. The SMILES string of the molecule is CC(C)(C)OC(=O)NC(CC(=O)C(=O)O)c1ccc(Br)cc1. The van der Waals surface area contributed by atoms with Gasteiger partial charge in [-0.3, -0.25) is 4.79 Å². The second-order valence-corrected chi connectivity index (χ2v) is 6.60. The number of amides is 1. The Balaban J connectivity index is 2.91. The molecule has 1 atom stereocenters. The molecule has 1 amide bonds. The fourth-order valence-corrected chi connectivity index (χ4v) is 1.93. The number of carbonyl (C=O) groups excluding carboxylic acids is 2. The van der Waals surface area contributed by atoms with Crippen molar-refractivity contribution in [1.29, 1.82) is 0 Å². The normalized spacial score (nSPS) is 12.4. The Kier molecular flexibility index (Phi) is 6.11. The smallest absolute Gasteiger partial charge is 0.408 e. The van der Waals surface area contributed by atoms with Crippen molar-refractivity contribution in [3.8, 4) is 0 Å². The van der Waals surface area contributed by atoms with Crippen LogP contribution in [0.1, 0.15) is 38.8 Å². The number of hydrogen-bond acceptors (Lipinski definition) is 4. The Labute approximate surface area is 137 Å². The van der Waals surface area contributed by atoms with Gasteiger partial charge in [-0.05, 0) is 38.5 Å². The second kappa shape index (κ2) is 7.40. The van der Waals surface area contributed by atoms with E-state index in [0.717, 1.165) is 4.47 Å². The largest absolute Gasteiger partial charge is 0.475 e. The number of ether oxygens (including phenoxy) is 1. The van der Waals surface area contributed by atoms with Crippen LogP contribution in [0.4, 0.5) is 4.79 Å². The van der Waals surface area contributed by atoms with Crippen molar-refractivity contribution >= 4 is 33.8 Å². The third kappa shape index (κ3) is 6.26. The molecule has 0 aliphatic rings. The van der Waals surface area contributed by atoms with Crippen molar-refractivity contribution in [2.45, 2.75) is 38.8 Å². The number of carboxylic acid groups (broad SMARTS) is 1. The van der Waals surface area contributed by atoms with Crippen LogP contribution in [0.5, 0.6) is 0 Å². The molecule has 0 heterocycles. The highest BCUT2D eigenvalue weighted by atomic mass is 79.9. The zero-order valence-electron chi connectivity index (χ0n) is 12.6. The maximum atomic E-state index is 11.9. The maximum Gasteiger partial charge on any atom is 0.408 e. The summed E-state index contributed by atoms with van der Waals surface area (Å²) >= 11 is 3.29. The van der Waals surface area contributed by atoms with Crippen LogP contribution < -0.4 is 5.32 Å². The van der Waals surface area contributed by atoms with E-state index in [-0.39, 0.29) is 6.42 Å². The Bertz CT molecular complexity index is 562. The van der Waals surface area contributed by atoms with E-state index in [1.165, 1.54) is 0 Å². The van der Waals surface area contributed by atoms with Gasteiger partial charge in [0.1, 0.15) is 5.60 Å². The van der Waals surface area contributed by atoms with Gasteiger partial charge in [-0.1, -0.05) is 28.1 Å². The van der Waals surface area contributed by atoms with E-state index in [1.54, 1.807) is 45.0 Å². The summed E-state index contributed by atoms with van der Waals surface area (Å²) in [5.74, 6) is -2.52. The lowest BCUT2D eigenvalue weighted by Gasteiger charge is -2.23. The van der Waals surface area contributed by atoms with Crippen molar-refractivity contribution in [3.05, 3.63) is 34.3 Å². The monoisotopic (exact) mass is 371 g/mol. The third-order valence-corrected chi connectivity index (χ3v) is 3.12. The van der Waals surface area contributed by atoms with Gasteiger partial charge in [-0.15, -0.1) is 0 Å². The van der Waals surface area contributed by atoms with E-state index in [0.29, 0.717) is 5.56 Å². The Morgan fingerprint density at radius 2 is 1.77 bits per heavy atom. The number of benzene rings is 1. The van der Waals surface area contributed by atoms with Gasteiger partial charge in [0, 0.05) is 10.9 Å². The third-order valence-electron chi connectivity index (χ3n) is 2.59. The molecule has 0 radical (unpaired) electrons. The minimum atomic E-state index is -1.53. The first-order chi connectivity index (χ1) is 10.1. The highest BCUT2D eigenvalue weighted by molar-refractivity contribution is 9.10. The number of nitrogens with one attached hydrogen (secondary N) is 1. The van der Waals surface area contributed by atoms with Crippen LogP contribution in [0.2, 0.25) is 0 Å². The minimum absolute atomic E-state index is 0.351. The van der Waals surface area contributed by atoms with Crippen LogP contribution in [0, 0.1) is 0 Å². The van der Waals surface area contributed by atoms with Crippen LogP contribution in [0.15, 0.2) is 28.7 Å². The lowest BCUT2D eigenvalue weighted by Crippen LogP contribution is -2.36. The number of ketones is 1. The van der Waals surface area contributed by atoms with Gasteiger partial charge >= 0.3 is 12.1 Å². The van der Waals surface area contributed by atoms with Gasteiger partial charge in [-0.2, -0.15) is 0 Å². The van der Waals surface area contributed by atoms with Gasteiger partial charge in [0.15, 0.2) is 0 Å². The van der Waals surface area contributed by atoms with Crippen molar-refractivity contribution < 1.29 is 24.2 Å². The number of carboxylic acids is 1.